The van der Waals surface area contributed by atoms with Gasteiger partial charge in [0.1, 0.15) is 12.1 Å². The molecule has 4 amide bonds. The molecule has 9 heteroatoms. The molecule has 124 valence electrons. The molecule has 0 radical (unpaired) electrons. The molecule has 0 spiro atoms. The van der Waals surface area contributed by atoms with E-state index in [1.54, 1.807) is 0 Å². The van der Waals surface area contributed by atoms with E-state index in [9.17, 15) is 27.6 Å². The fourth-order valence-electron chi connectivity index (χ4n) is 2.27. The van der Waals surface area contributed by atoms with Gasteiger partial charge in [0, 0.05) is 7.05 Å². The molecule has 0 bridgehead atoms. The first-order valence-electron chi connectivity index (χ1n) is 6.62. The lowest BCUT2D eigenvalue weighted by Crippen LogP contribution is -2.42. The van der Waals surface area contributed by atoms with Crippen molar-refractivity contribution in [2.75, 3.05) is 13.6 Å². The number of carbonyl (C=O) groups is 3. The summed E-state index contributed by atoms with van der Waals surface area (Å²) >= 11 is 0. The number of amides is 4. The van der Waals surface area contributed by atoms with Gasteiger partial charge in [0.25, 0.3) is 5.91 Å². The largest absolute Gasteiger partial charge is 0.416 e. The van der Waals surface area contributed by atoms with Crippen LogP contribution >= 0.6 is 0 Å². The highest BCUT2D eigenvalue weighted by Gasteiger charge is 2.50. The molecule has 1 heterocycles. The Morgan fingerprint density at radius 1 is 1.35 bits per heavy atom. The van der Waals surface area contributed by atoms with Gasteiger partial charge in [-0.2, -0.15) is 13.2 Å². The number of nitrogens with zero attached hydrogens (tertiary/aromatic N) is 1. The van der Waals surface area contributed by atoms with E-state index in [2.05, 4.69) is 10.6 Å². The van der Waals surface area contributed by atoms with Gasteiger partial charge < -0.3 is 10.6 Å². The standard InChI is InChI=1S/C14H14F3N3O3/c1-13(8-4-3-5-9(6-8)14(15,16)17)11(22)20(12(23)19-13)7-10(21)18-2/h3-6H,7H2,1-2H3,(H,18,21)(H,19,23). The van der Waals surface area contributed by atoms with E-state index >= 15 is 0 Å². The summed E-state index contributed by atoms with van der Waals surface area (Å²) in [5.74, 6) is -1.35. The average molecular weight is 329 g/mol. The maximum Gasteiger partial charge on any atom is 0.416 e. The third kappa shape index (κ3) is 2.99. The maximum absolute atomic E-state index is 12.8. The van der Waals surface area contributed by atoms with Crippen LogP contribution in [0.1, 0.15) is 18.1 Å². The normalized spacial score (nSPS) is 21.3. The first kappa shape index (κ1) is 16.8. The second-order valence-corrected chi connectivity index (χ2v) is 5.20. The van der Waals surface area contributed by atoms with Gasteiger partial charge in [0.05, 0.1) is 5.56 Å². The average Bonchev–Trinajstić information content (AvgIpc) is 2.71. The lowest BCUT2D eigenvalue weighted by Gasteiger charge is -2.23. The van der Waals surface area contributed by atoms with Crippen molar-refractivity contribution < 1.29 is 27.6 Å². The number of hydrogen-bond donors (Lipinski definition) is 2. The van der Waals surface area contributed by atoms with E-state index < -0.39 is 41.7 Å². The van der Waals surface area contributed by atoms with Crippen molar-refractivity contribution in [1.82, 2.24) is 15.5 Å². The van der Waals surface area contributed by atoms with Crippen LogP contribution < -0.4 is 10.6 Å². The van der Waals surface area contributed by atoms with Crippen molar-refractivity contribution in [2.45, 2.75) is 18.6 Å². The summed E-state index contributed by atoms with van der Waals surface area (Å²) in [5.41, 5.74) is -2.60. The Bertz CT molecular complexity index is 675. The number of likely N-dealkylation sites (N-methyl/N-ethyl adjacent to an activating group) is 1. The summed E-state index contributed by atoms with van der Waals surface area (Å²) in [4.78, 5) is 36.4. The van der Waals surface area contributed by atoms with E-state index in [0.717, 1.165) is 18.2 Å². The lowest BCUT2D eigenvalue weighted by molar-refractivity contribution is -0.138. The maximum atomic E-state index is 12.8. The molecule has 1 aliphatic heterocycles. The van der Waals surface area contributed by atoms with E-state index in [4.69, 9.17) is 0 Å². The molecule has 23 heavy (non-hydrogen) atoms. The monoisotopic (exact) mass is 329 g/mol. The summed E-state index contributed by atoms with van der Waals surface area (Å²) in [5, 5.41) is 4.61. The smallest absolute Gasteiger partial charge is 0.358 e. The third-order valence-corrected chi connectivity index (χ3v) is 3.62. The second kappa shape index (κ2) is 5.56. The quantitative estimate of drug-likeness (QED) is 0.819. The van der Waals surface area contributed by atoms with E-state index in [1.165, 1.54) is 20.0 Å². The number of nitrogens with one attached hydrogen (secondary N) is 2. The molecule has 1 aromatic carbocycles. The molecule has 0 aliphatic carbocycles. The predicted molar refractivity (Wildman–Crippen MR) is 73.1 cm³/mol. The number of alkyl halides is 3. The van der Waals surface area contributed by atoms with E-state index in [0.29, 0.717) is 4.90 Å². The molecule has 1 fully saturated rings. The number of hydrogen-bond acceptors (Lipinski definition) is 3. The Morgan fingerprint density at radius 2 is 2.00 bits per heavy atom. The Balaban J connectivity index is 2.38. The molecular weight excluding hydrogens is 315 g/mol. The Labute approximate surface area is 129 Å². The zero-order valence-electron chi connectivity index (χ0n) is 12.3. The van der Waals surface area contributed by atoms with E-state index in [-0.39, 0.29) is 5.56 Å². The minimum absolute atomic E-state index is 0.00918. The molecule has 1 saturated heterocycles. The topological polar surface area (TPSA) is 78.5 Å². The van der Waals surface area contributed by atoms with Crippen LogP contribution in [0.4, 0.5) is 18.0 Å². The van der Waals surface area contributed by atoms with Crippen LogP contribution in [-0.4, -0.2) is 36.3 Å². The van der Waals surface area contributed by atoms with E-state index in [1.807, 2.05) is 0 Å². The van der Waals surface area contributed by atoms with Crippen LogP contribution in [0.15, 0.2) is 24.3 Å². The summed E-state index contributed by atoms with van der Waals surface area (Å²) in [6.07, 6.45) is -4.57. The van der Waals surface area contributed by atoms with Crippen LogP contribution in [0.2, 0.25) is 0 Å². The van der Waals surface area contributed by atoms with Crippen molar-refractivity contribution in [3.05, 3.63) is 35.4 Å². The molecule has 2 rings (SSSR count). The molecule has 0 aromatic heterocycles. The summed E-state index contributed by atoms with van der Waals surface area (Å²) in [7, 11) is 1.34. The Kier molecular flexibility index (Phi) is 4.06. The molecule has 2 N–H and O–H groups in total. The molecular formula is C14H14F3N3O3. The number of carbonyl (C=O) groups excluding carboxylic acids is 3. The van der Waals surface area contributed by atoms with Gasteiger partial charge in [-0.1, -0.05) is 12.1 Å². The zero-order valence-corrected chi connectivity index (χ0v) is 12.3. The number of imide groups is 1. The minimum Gasteiger partial charge on any atom is -0.358 e. The number of rotatable bonds is 3. The number of urea groups is 1. The fraction of sp³-hybridized carbons (Fsp3) is 0.357. The molecule has 1 aliphatic rings. The predicted octanol–water partition coefficient (Wildman–Crippen LogP) is 1.22. The second-order valence-electron chi connectivity index (χ2n) is 5.20. The number of benzene rings is 1. The first-order valence-corrected chi connectivity index (χ1v) is 6.62. The molecule has 1 atom stereocenters. The fourth-order valence-corrected chi connectivity index (χ4v) is 2.27. The van der Waals surface area contributed by atoms with Crippen LogP contribution in [0.5, 0.6) is 0 Å². The number of halogens is 3. The lowest BCUT2D eigenvalue weighted by atomic mass is 9.90. The van der Waals surface area contributed by atoms with Crippen molar-refractivity contribution in [1.29, 1.82) is 0 Å². The Morgan fingerprint density at radius 3 is 2.57 bits per heavy atom. The van der Waals surface area contributed by atoms with Gasteiger partial charge in [0.15, 0.2) is 0 Å². The van der Waals surface area contributed by atoms with Crippen molar-refractivity contribution >= 4 is 17.8 Å². The summed E-state index contributed by atoms with van der Waals surface area (Å²) < 4.78 is 38.4. The first-order chi connectivity index (χ1) is 10.6. The highest BCUT2D eigenvalue weighted by Crippen LogP contribution is 2.34. The SMILES string of the molecule is CNC(=O)CN1C(=O)NC(C)(c2cccc(C(F)(F)F)c2)C1=O. The van der Waals surface area contributed by atoms with Crippen LogP contribution in [0.25, 0.3) is 0 Å². The molecule has 1 unspecified atom stereocenters. The van der Waals surface area contributed by atoms with Gasteiger partial charge in [-0.3, -0.25) is 14.5 Å². The Hall–Kier alpha value is -2.58. The van der Waals surface area contributed by atoms with Crippen molar-refractivity contribution in [2.24, 2.45) is 0 Å². The van der Waals surface area contributed by atoms with Crippen LogP contribution in [-0.2, 0) is 21.3 Å². The third-order valence-electron chi connectivity index (χ3n) is 3.62. The van der Waals surface area contributed by atoms with Crippen LogP contribution in [0, 0.1) is 0 Å². The highest BCUT2D eigenvalue weighted by molar-refractivity contribution is 6.09. The van der Waals surface area contributed by atoms with Crippen molar-refractivity contribution in [3.8, 4) is 0 Å². The van der Waals surface area contributed by atoms with Gasteiger partial charge >= 0.3 is 12.2 Å². The summed E-state index contributed by atoms with van der Waals surface area (Å²) in [6.45, 7) is 0.794. The molecule has 1 aromatic rings. The van der Waals surface area contributed by atoms with Gasteiger partial charge in [0.2, 0.25) is 5.91 Å². The van der Waals surface area contributed by atoms with Crippen LogP contribution in [0.3, 0.4) is 0 Å². The minimum atomic E-state index is -4.57. The zero-order chi connectivity index (χ0) is 17.4. The molecule has 6 nitrogen and oxygen atoms in total. The molecule has 0 saturated carbocycles. The van der Waals surface area contributed by atoms with Gasteiger partial charge in [-0.05, 0) is 24.6 Å². The van der Waals surface area contributed by atoms with Gasteiger partial charge in [-0.25, -0.2) is 4.79 Å². The summed E-state index contributed by atoms with van der Waals surface area (Å²) in [6, 6.07) is 3.32. The van der Waals surface area contributed by atoms with Crippen molar-refractivity contribution in [3.63, 3.8) is 0 Å². The van der Waals surface area contributed by atoms with Gasteiger partial charge in [-0.15, -0.1) is 0 Å². The highest BCUT2D eigenvalue weighted by atomic mass is 19.4.